The van der Waals surface area contributed by atoms with Gasteiger partial charge in [0, 0.05) is 19.7 Å². The molecule has 2 N–H and O–H groups in total. The molecule has 0 radical (unpaired) electrons. The third-order valence-electron chi connectivity index (χ3n) is 3.75. The molecule has 126 valence electrons. The van der Waals surface area contributed by atoms with E-state index in [0.29, 0.717) is 13.1 Å². The van der Waals surface area contributed by atoms with Crippen LogP contribution in [-0.2, 0) is 16.1 Å². The van der Waals surface area contributed by atoms with Crippen LogP contribution < -0.4 is 10.6 Å². The molecule has 0 bridgehead atoms. The number of benzene rings is 1. The van der Waals surface area contributed by atoms with Crippen LogP contribution in [0.25, 0.3) is 0 Å². The van der Waals surface area contributed by atoms with Crippen molar-refractivity contribution in [3.63, 3.8) is 0 Å². The minimum atomic E-state index is -0.471. The van der Waals surface area contributed by atoms with Gasteiger partial charge < -0.3 is 10.1 Å². The predicted octanol–water partition coefficient (Wildman–Crippen LogP) is 1.51. The summed E-state index contributed by atoms with van der Waals surface area (Å²) < 4.78 is 5.65. The minimum absolute atomic E-state index is 0.179. The van der Waals surface area contributed by atoms with E-state index in [1.807, 2.05) is 42.3 Å². The molecule has 23 heavy (non-hydrogen) atoms. The lowest BCUT2D eigenvalue weighted by molar-refractivity contribution is -0.121. The number of urea groups is 1. The number of hydrogen-bond acceptors (Lipinski definition) is 4. The Balaban J connectivity index is 1.64. The van der Waals surface area contributed by atoms with Crippen LogP contribution in [-0.4, -0.2) is 49.7 Å². The number of likely N-dealkylation sites (N-methyl/N-ethyl adjacent to an activating group) is 1. The fourth-order valence-corrected chi connectivity index (χ4v) is 2.60. The molecule has 1 unspecified atom stereocenters. The lowest BCUT2D eigenvalue weighted by Crippen LogP contribution is -2.45. The van der Waals surface area contributed by atoms with E-state index >= 15 is 0 Å². The molecule has 0 saturated carbocycles. The summed E-state index contributed by atoms with van der Waals surface area (Å²) in [4.78, 5) is 25.5. The molecule has 2 rings (SSSR count). The molecule has 1 aliphatic rings. The van der Waals surface area contributed by atoms with Crippen LogP contribution in [0.2, 0.25) is 0 Å². The van der Waals surface area contributed by atoms with Gasteiger partial charge in [-0.3, -0.25) is 15.0 Å². The number of carbonyl (C=O) groups excluding carboxylic acids is 2. The van der Waals surface area contributed by atoms with Gasteiger partial charge in [-0.25, -0.2) is 4.79 Å². The van der Waals surface area contributed by atoms with E-state index in [-0.39, 0.29) is 18.6 Å². The van der Waals surface area contributed by atoms with Crippen molar-refractivity contribution in [1.29, 1.82) is 0 Å². The third kappa shape index (κ3) is 6.80. The third-order valence-corrected chi connectivity index (χ3v) is 3.75. The van der Waals surface area contributed by atoms with E-state index < -0.39 is 6.03 Å². The van der Waals surface area contributed by atoms with Gasteiger partial charge in [0.15, 0.2) is 0 Å². The quantitative estimate of drug-likeness (QED) is 0.834. The normalized spacial score (nSPS) is 17.7. The van der Waals surface area contributed by atoms with Crippen LogP contribution in [0.1, 0.15) is 24.8 Å². The van der Waals surface area contributed by atoms with Crippen molar-refractivity contribution in [2.75, 3.05) is 26.7 Å². The smallest absolute Gasteiger partial charge is 0.321 e. The molecule has 1 aromatic carbocycles. The van der Waals surface area contributed by atoms with Crippen molar-refractivity contribution in [2.45, 2.75) is 31.9 Å². The Morgan fingerprint density at radius 3 is 2.74 bits per heavy atom. The highest BCUT2D eigenvalue weighted by Crippen LogP contribution is 2.13. The Labute approximate surface area is 137 Å². The summed E-state index contributed by atoms with van der Waals surface area (Å²) in [6.45, 7) is 2.08. The average molecular weight is 319 g/mol. The molecule has 1 aliphatic heterocycles. The molecule has 0 aliphatic carbocycles. The van der Waals surface area contributed by atoms with Crippen molar-refractivity contribution in [1.82, 2.24) is 15.5 Å². The van der Waals surface area contributed by atoms with E-state index in [1.165, 1.54) is 6.42 Å². The summed E-state index contributed by atoms with van der Waals surface area (Å²) in [7, 11) is 1.86. The van der Waals surface area contributed by atoms with Crippen molar-refractivity contribution < 1.29 is 14.3 Å². The van der Waals surface area contributed by atoms with Gasteiger partial charge in [-0.1, -0.05) is 30.3 Å². The van der Waals surface area contributed by atoms with Gasteiger partial charge in [0.2, 0.25) is 5.91 Å². The van der Waals surface area contributed by atoms with Gasteiger partial charge in [0.25, 0.3) is 0 Å². The van der Waals surface area contributed by atoms with Gasteiger partial charge in [0.05, 0.1) is 12.6 Å². The summed E-state index contributed by atoms with van der Waals surface area (Å²) in [6, 6.07) is 9.09. The second-order valence-corrected chi connectivity index (χ2v) is 5.90. The van der Waals surface area contributed by atoms with Crippen LogP contribution in [0.4, 0.5) is 4.79 Å². The Kier molecular flexibility index (Phi) is 7.03. The highest BCUT2D eigenvalue weighted by atomic mass is 16.5. The lowest BCUT2D eigenvalue weighted by atomic mass is 10.1. The summed E-state index contributed by atoms with van der Waals surface area (Å²) in [5, 5.41) is 5.02. The number of nitrogens with one attached hydrogen (secondary N) is 2. The topological polar surface area (TPSA) is 70.7 Å². The van der Waals surface area contributed by atoms with E-state index in [2.05, 4.69) is 10.6 Å². The van der Waals surface area contributed by atoms with E-state index in [1.54, 1.807) is 0 Å². The van der Waals surface area contributed by atoms with Crippen molar-refractivity contribution in [3.8, 4) is 0 Å². The number of nitrogens with zero attached hydrogens (tertiary/aromatic N) is 1. The first-order chi connectivity index (χ1) is 11.1. The molecule has 1 saturated heterocycles. The first kappa shape index (κ1) is 17.4. The zero-order valence-electron chi connectivity index (χ0n) is 13.6. The second-order valence-electron chi connectivity index (χ2n) is 5.90. The van der Waals surface area contributed by atoms with E-state index in [0.717, 1.165) is 25.0 Å². The number of amides is 3. The number of rotatable bonds is 6. The maximum absolute atomic E-state index is 11.9. The first-order valence-electron chi connectivity index (χ1n) is 8.05. The van der Waals surface area contributed by atoms with Crippen LogP contribution in [0.15, 0.2) is 30.3 Å². The molecule has 1 heterocycles. The summed E-state index contributed by atoms with van der Waals surface area (Å²) in [6.07, 6.45) is 3.51. The fourth-order valence-electron chi connectivity index (χ4n) is 2.60. The van der Waals surface area contributed by atoms with E-state index in [9.17, 15) is 9.59 Å². The second kappa shape index (κ2) is 9.27. The Hall–Kier alpha value is -1.92. The molecular weight excluding hydrogens is 294 g/mol. The first-order valence-corrected chi connectivity index (χ1v) is 8.05. The summed E-state index contributed by atoms with van der Waals surface area (Å²) in [5.74, 6) is -0.311. The molecule has 0 aromatic heterocycles. The molecule has 6 nitrogen and oxygen atoms in total. The van der Waals surface area contributed by atoms with Crippen LogP contribution >= 0.6 is 0 Å². The molecule has 1 atom stereocenters. The maximum atomic E-state index is 11.9. The van der Waals surface area contributed by atoms with Gasteiger partial charge in [0.1, 0.15) is 0 Å². The number of carbonyl (C=O) groups is 2. The molecule has 1 aromatic rings. The SMILES string of the molecule is CN(CC(=O)NC(=O)NCc1ccccc1)CC1CCCCO1. The number of imide groups is 1. The van der Waals surface area contributed by atoms with Crippen LogP contribution in [0, 0.1) is 0 Å². The molecule has 0 spiro atoms. The largest absolute Gasteiger partial charge is 0.377 e. The highest BCUT2D eigenvalue weighted by Gasteiger charge is 2.17. The Bertz CT molecular complexity index is 501. The van der Waals surface area contributed by atoms with Crippen molar-refractivity contribution in [2.24, 2.45) is 0 Å². The average Bonchev–Trinajstić information content (AvgIpc) is 2.54. The van der Waals surface area contributed by atoms with Crippen molar-refractivity contribution in [3.05, 3.63) is 35.9 Å². The minimum Gasteiger partial charge on any atom is -0.377 e. The fraction of sp³-hybridized carbons (Fsp3) is 0.529. The lowest BCUT2D eigenvalue weighted by Gasteiger charge is -2.26. The maximum Gasteiger partial charge on any atom is 0.321 e. The van der Waals surface area contributed by atoms with Crippen LogP contribution in [0.5, 0.6) is 0 Å². The summed E-state index contributed by atoms with van der Waals surface area (Å²) in [5.41, 5.74) is 0.988. The van der Waals surface area contributed by atoms with Crippen LogP contribution in [0.3, 0.4) is 0 Å². The van der Waals surface area contributed by atoms with E-state index in [4.69, 9.17) is 4.74 Å². The Morgan fingerprint density at radius 1 is 1.26 bits per heavy atom. The Morgan fingerprint density at radius 2 is 2.04 bits per heavy atom. The highest BCUT2D eigenvalue weighted by molar-refractivity contribution is 5.95. The number of hydrogen-bond donors (Lipinski definition) is 2. The molecule has 6 heteroatoms. The zero-order chi connectivity index (χ0) is 16.5. The molecule has 1 fully saturated rings. The van der Waals surface area contributed by atoms with Crippen molar-refractivity contribution >= 4 is 11.9 Å². The molecule has 3 amide bonds. The predicted molar refractivity (Wildman–Crippen MR) is 87.9 cm³/mol. The number of ether oxygens (including phenoxy) is 1. The molecular formula is C17H25N3O3. The van der Waals surface area contributed by atoms with Gasteiger partial charge in [-0.2, -0.15) is 0 Å². The zero-order valence-corrected chi connectivity index (χ0v) is 13.6. The standard InChI is InChI=1S/C17H25N3O3/c1-20(12-15-9-5-6-10-23-15)13-16(21)19-17(22)18-11-14-7-3-2-4-8-14/h2-4,7-8,15H,5-6,9-13H2,1H3,(H2,18,19,21,22). The van der Waals surface area contributed by atoms with Gasteiger partial charge in [-0.05, 0) is 31.9 Å². The van der Waals surface area contributed by atoms with Gasteiger partial charge in [-0.15, -0.1) is 0 Å². The van der Waals surface area contributed by atoms with Gasteiger partial charge >= 0.3 is 6.03 Å². The monoisotopic (exact) mass is 319 g/mol. The summed E-state index contributed by atoms with van der Waals surface area (Å²) >= 11 is 0.